The minimum atomic E-state index is 0.644. The van der Waals surface area contributed by atoms with Crippen LogP contribution in [0.1, 0.15) is 0 Å². The molecular formula is C37H22N2O2S. The topological polar surface area (TPSA) is 42.4 Å². The molecule has 4 nitrogen and oxygen atoms in total. The normalized spacial score (nSPS) is 11.8. The summed E-state index contributed by atoms with van der Waals surface area (Å²) < 4.78 is 14.7. The van der Waals surface area contributed by atoms with Crippen LogP contribution < -0.4 is 4.90 Å². The Hall–Kier alpha value is -5.39. The van der Waals surface area contributed by atoms with Crippen LogP contribution in [0, 0.1) is 0 Å². The van der Waals surface area contributed by atoms with Crippen LogP contribution in [0.25, 0.3) is 64.7 Å². The zero-order chi connectivity index (χ0) is 27.6. The third-order valence-electron chi connectivity index (χ3n) is 7.88. The van der Waals surface area contributed by atoms with Crippen molar-refractivity contribution < 1.29 is 8.83 Å². The van der Waals surface area contributed by atoms with Crippen molar-refractivity contribution in [1.82, 2.24) is 4.98 Å². The lowest BCUT2D eigenvalue weighted by Gasteiger charge is -2.26. The second-order valence-corrected chi connectivity index (χ2v) is 11.5. The Morgan fingerprint density at radius 3 is 2.17 bits per heavy atom. The molecule has 0 N–H and O–H groups in total. The largest absolute Gasteiger partial charge is 0.456 e. The van der Waals surface area contributed by atoms with Gasteiger partial charge in [0.25, 0.3) is 0 Å². The molecule has 9 aromatic rings. The third kappa shape index (κ3) is 3.57. The van der Waals surface area contributed by atoms with E-state index in [-0.39, 0.29) is 0 Å². The Labute approximate surface area is 244 Å². The maximum atomic E-state index is 6.22. The lowest BCUT2D eigenvalue weighted by molar-refractivity contribution is 0.620. The van der Waals surface area contributed by atoms with Crippen LogP contribution in [0.15, 0.2) is 142 Å². The van der Waals surface area contributed by atoms with E-state index < -0.39 is 0 Å². The summed E-state index contributed by atoms with van der Waals surface area (Å²) in [4.78, 5) is 7.18. The highest BCUT2D eigenvalue weighted by atomic mass is 32.1. The molecule has 3 aromatic heterocycles. The van der Waals surface area contributed by atoms with E-state index in [1.807, 2.05) is 42.5 Å². The molecule has 6 aromatic carbocycles. The van der Waals surface area contributed by atoms with E-state index in [0.717, 1.165) is 55.7 Å². The van der Waals surface area contributed by atoms with Gasteiger partial charge >= 0.3 is 0 Å². The monoisotopic (exact) mass is 558 g/mol. The zero-order valence-electron chi connectivity index (χ0n) is 22.3. The van der Waals surface area contributed by atoms with Gasteiger partial charge in [-0.25, -0.2) is 4.98 Å². The first-order chi connectivity index (χ1) is 20.8. The molecule has 0 aliphatic carbocycles. The molecule has 0 atom stereocenters. The first kappa shape index (κ1) is 23.3. The van der Waals surface area contributed by atoms with Gasteiger partial charge in [0.05, 0.1) is 10.4 Å². The second-order valence-electron chi connectivity index (χ2n) is 10.4. The molecule has 0 aliphatic heterocycles. The van der Waals surface area contributed by atoms with Crippen molar-refractivity contribution in [3.63, 3.8) is 0 Å². The first-order valence-corrected chi connectivity index (χ1v) is 14.7. The van der Waals surface area contributed by atoms with E-state index in [1.165, 1.54) is 20.2 Å². The molecule has 42 heavy (non-hydrogen) atoms. The second kappa shape index (κ2) is 9.06. The number of oxazole rings is 1. The molecule has 5 heteroatoms. The standard InChI is InChI=1S/C37H22N2O2S/c1-3-10-23(11-4-1)37-38-30-21-29-27-15-9-16-31(36(27)42-35(29)22-34(30)41-37)39(24-12-5-2-6-13-24)25-18-19-33-28(20-25)26-14-7-8-17-32(26)40-33/h1-22H. The molecule has 3 heterocycles. The van der Waals surface area contributed by atoms with E-state index >= 15 is 0 Å². The highest BCUT2D eigenvalue weighted by molar-refractivity contribution is 7.26. The van der Waals surface area contributed by atoms with Crippen LogP contribution in [-0.4, -0.2) is 4.98 Å². The predicted molar refractivity (Wildman–Crippen MR) is 174 cm³/mol. The van der Waals surface area contributed by atoms with E-state index in [9.17, 15) is 0 Å². The van der Waals surface area contributed by atoms with Crippen molar-refractivity contribution in [1.29, 1.82) is 0 Å². The highest BCUT2D eigenvalue weighted by Crippen LogP contribution is 2.46. The van der Waals surface area contributed by atoms with Gasteiger partial charge < -0.3 is 13.7 Å². The van der Waals surface area contributed by atoms with Crippen molar-refractivity contribution in [3.05, 3.63) is 133 Å². The fraction of sp³-hybridized carbons (Fsp3) is 0. The number of para-hydroxylation sites is 2. The smallest absolute Gasteiger partial charge is 0.227 e. The van der Waals surface area contributed by atoms with Gasteiger partial charge in [0.15, 0.2) is 5.58 Å². The number of rotatable bonds is 4. The SMILES string of the molecule is c1ccc(-c2nc3cc4c(cc3o2)sc2c(N(c3ccccc3)c3ccc5oc6ccccc6c5c3)cccc24)cc1. The average molecular weight is 559 g/mol. The molecule has 0 bridgehead atoms. The van der Waals surface area contributed by atoms with Gasteiger partial charge in [-0.15, -0.1) is 11.3 Å². The van der Waals surface area contributed by atoms with Gasteiger partial charge in [-0.3, -0.25) is 0 Å². The van der Waals surface area contributed by atoms with Gasteiger partial charge in [-0.2, -0.15) is 0 Å². The highest BCUT2D eigenvalue weighted by Gasteiger charge is 2.20. The summed E-state index contributed by atoms with van der Waals surface area (Å²) in [6.07, 6.45) is 0. The van der Waals surface area contributed by atoms with Crippen LogP contribution in [0.5, 0.6) is 0 Å². The van der Waals surface area contributed by atoms with Crippen LogP contribution in [-0.2, 0) is 0 Å². The van der Waals surface area contributed by atoms with Gasteiger partial charge in [-0.1, -0.05) is 66.7 Å². The number of hydrogen-bond acceptors (Lipinski definition) is 5. The molecule has 0 spiro atoms. The van der Waals surface area contributed by atoms with E-state index in [0.29, 0.717) is 5.89 Å². The van der Waals surface area contributed by atoms with Crippen molar-refractivity contribution >= 4 is 81.6 Å². The summed E-state index contributed by atoms with van der Waals surface area (Å²) in [5.74, 6) is 0.644. The molecule has 198 valence electrons. The minimum Gasteiger partial charge on any atom is -0.456 e. The first-order valence-electron chi connectivity index (χ1n) is 13.9. The van der Waals surface area contributed by atoms with E-state index in [4.69, 9.17) is 13.8 Å². The lowest BCUT2D eigenvalue weighted by Crippen LogP contribution is -2.09. The molecule has 0 amide bonds. The lowest BCUT2D eigenvalue weighted by atomic mass is 10.1. The molecule has 0 unspecified atom stereocenters. The fourth-order valence-electron chi connectivity index (χ4n) is 5.94. The number of nitrogens with zero attached hydrogens (tertiary/aromatic N) is 2. The molecular weight excluding hydrogens is 536 g/mol. The third-order valence-corrected chi connectivity index (χ3v) is 9.07. The summed E-state index contributed by atoms with van der Waals surface area (Å²) in [6.45, 7) is 0. The average Bonchev–Trinajstić information content (AvgIpc) is 3.74. The van der Waals surface area contributed by atoms with E-state index in [1.54, 1.807) is 11.3 Å². The van der Waals surface area contributed by atoms with Crippen LogP contribution in [0.4, 0.5) is 17.1 Å². The van der Waals surface area contributed by atoms with Gasteiger partial charge in [0.2, 0.25) is 5.89 Å². The molecule has 0 saturated carbocycles. The summed E-state index contributed by atoms with van der Waals surface area (Å²) >= 11 is 1.79. The van der Waals surface area contributed by atoms with E-state index in [2.05, 4.69) is 95.9 Å². The Balaban J connectivity index is 1.26. The Kier molecular flexibility index (Phi) is 5.03. The van der Waals surface area contributed by atoms with Crippen molar-refractivity contribution in [3.8, 4) is 11.5 Å². The van der Waals surface area contributed by atoms with Gasteiger partial charge in [0.1, 0.15) is 16.7 Å². The zero-order valence-corrected chi connectivity index (χ0v) is 23.1. The number of hydrogen-bond donors (Lipinski definition) is 0. The Morgan fingerprint density at radius 1 is 0.524 bits per heavy atom. The summed E-state index contributed by atoms with van der Waals surface area (Å²) in [7, 11) is 0. The number of furan rings is 1. The number of aromatic nitrogens is 1. The summed E-state index contributed by atoms with van der Waals surface area (Å²) in [5, 5.41) is 4.61. The van der Waals surface area contributed by atoms with Crippen LogP contribution in [0.2, 0.25) is 0 Å². The minimum absolute atomic E-state index is 0.644. The number of thiophene rings is 1. The predicted octanol–water partition coefficient (Wildman–Crippen LogP) is 11.2. The Morgan fingerprint density at radius 2 is 1.29 bits per heavy atom. The van der Waals surface area contributed by atoms with Crippen molar-refractivity contribution in [2.45, 2.75) is 0 Å². The van der Waals surface area contributed by atoms with Crippen LogP contribution >= 0.6 is 11.3 Å². The maximum absolute atomic E-state index is 6.22. The molecule has 0 saturated heterocycles. The molecule has 9 rings (SSSR count). The molecule has 0 radical (unpaired) electrons. The van der Waals surface area contributed by atoms with Crippen LogP contribution in [0.3, 0.4) is 0 Å². The Bertz CT molecular complexity index is 2420. The van der Waals surface area contributed by atoms with Crippen molar-refractivity contribution in [2.75, 3.05) is 4.90 Å². The fourth-order valence-corrected chi connectivity index (χ4v) is 7.16. The number of benzene rings is 6. The van der Waals surface area contributed by atoms with Crippen molar-refractivity contribution in [2.24, 2.45) is 0 Å². The summed E-state index contributed by atoms with van der Waals surface area (Å²) in [6, 6.07) is 46.1. The quantitative estimate of drug-likeness (QED) is 0.215. The molecule has 0 fully saturated rings. The summed E-state index contributed by atoms with van der Waals surface area (Å²) in [5.41, 5.74) is 7.72. The number of anilines is 3. The van der Waals surface area contributed by atoms with Gasteiger partial charge in [-0.05, 0) is 60.7 Å². The molecule has 0 aliphatic rings. The number of fused-ring (bicyclic) bond motifs is 7. The van der Waals surface area contributed by atoms with Gasteiger partial charge in [0, 0.05) is 49.2 Å². The maximum Gasteiger partial charge on any atom is 0.227 e.